The maximum Gasteiger partial charge on any atom is 0.273 e. The molecule has 2 atom stereocenters. The molecule has 3 N–H and O–H groups in total. The van der Waals surface area contributed by atoms with Gasteiger partial charge in [0.05, 0.1) is 23.0 Å². The summed E-state index contributed by atoms with van der Waals surface area (Å²) in [5, 5.41) is 25.0. The highest BCUT2D eigenvalue weighted by Gasteiger charge is 2.26. The third-order valence-corrected chi connectivity index (χ3v) is 4.78. The van der Waals surface area contributed by atoms with Crippen LogP contribution in [0.4, 0.5) is 0 Å². The Kier molecular flexibility index (Phi) is 4.36. The molecule has 2 unspecified atom stereocenters. The number of β-amino-alcohol motifs (C(OH)–C–C–N with tert-alkyl or cyclic N) is 1. The summed E-state index contributed by atoms with van der Waals surface area (Å²) in [7, 11) is 0. The Morgan fingerprint density at radius 1 is 1.35 bits per heavy atom. The molecule has 0 saturated carbocycles. The third-order valence-electron chi connectivity index (χ3n) is 4.78. The summed E-state index contributed by atoms with van der Waals surface area (Å²) in [4.78, 5) is 16.9. The number of aliphatic hydroxyl groups excluding tert-OH is 1. The number of amides is 1. The summed E-state index contributed by atoms with van der Waals surface area (Å²) in [5.41, 5.74) is 2.50. The van der Waals surface area contributed by atoms with Gasteiger partial charge < -0.3 is 15.7 Å². The van der Waals surface area contributed by atoms with Gasteiger partial charge in [0.15, 0.2) is 5.69 Å². The average Bonchev–Trinajstić information content (AvgIpc) is 3.24. The average molecular weight is 352 g/mol. The van der Waals surface area contributed by atoms with Crippen molar-refractivity contribution in [2.24, 2.45) is 5.92 Å². The lowest BCUT2D eigenvalue weighted by Crippen LogP contribution is -2.34. The van der Waals surface area contributed by atoms with E-state index in [4.69, 9.17) is 0 Å². The van der Waals surface area contributed by atoms with Gasteiger partial charge in [-0.05, 0) is 19.1 Å². The van der Waals surface area contributed by atoms with Crippen LogP contribution in [0, 0.1) is 12.8 Å². The van der Waals surface area contributed by atoms with E-state index in [1.165, 1.54) is 0 Å². The molecule has 26 heavy (non-hydrogen) atoms. The molecule has 1 aliphatic rings. The molecule has 1 aliphatic heterocycles. The monoisotopic (exact) mass is 352 g/mol. The maximum absolute atomic E-state index is 12.5. The number of hydrogen-bond acceptors (Lipinski definition) is 6. The highest BCUT2D eigenvalue weighted by atomic mass is 16.3. The number of carbonyl (C=O) groups is 1. The molecular weight excluding hydrogens is 332 g/mol. The molecule has 8 heteroatoms. The summed E-state index contributed by atoms with van der Waals surface area (Å²) in [6, 6.07) is 9.67. The first kappa shape index (κ1) is 16.6. The quantitative estimate of drug-likeness (QED) is 0.629. The molecule has 0 bridgehead atoms. The van der Waals surface area contributed by atoms with Crippen molar-refractivity contribution in [2.75, 3.05) is 19.6 Å². The third kappa shape index (κ3) is 2.93. The van der Waals surface area contributed by atoms with Gasteiger partial charge in [0, 0.05) is 37.1 Å². The van der Waals surface area contributed by atoms with Gasteiger partial charge in [0.25, 0.3) is 5.91 Å². The standard InChI is InChI=1S/C18H20N6O2/c1-11-16(18(26)21-9-13-8-19-10-15(13)25)22-23-24(11)14-6-2-4-12-5-3-7-20-17(12)14/h2-7,13,15,19,25H,8-10H2,1H3,(H,21,26). The number of nitrogens with zero attached hydrogens (tertiary/aromatic N) is 4. The predicted octanol–water partition coefficient (Wildman–Crippen LogP) is 0.434. The molecular formula is C18H20N6O2. The van der Waals surface area contributed by atoms with Crippen LogP contribution in [-0.2, 0) is 0 Å². The van der Waals surface area contributed by atoms with Crippen LogP contribution in [-0.4, -0.2) is 56.7 Å². The number of pyridine rings is 1. The number of nitrogens with one attached hydrogen (secondary N) is 2. The van der Waals surface area contributed by atoms with E-state index in [9.17, 15) is 9.90 Å². The number of hydrogen-bond donors (Lipinski definition) is 3. The molecule has 8 nitrogen and oxygen atoms in total. The highest BCUT2D eigenvalue weighted by molar-refractivity contribution is 5.93. The Bertz CT molecular complexity index is 949. The Morgan fingerprint density at radius 2 is 2.19 bits per heavy atom. The fourth-order valence-corrected chi connectivity index (χ4v) is 3.26. The van der Waals surface area contributed by atoms with E-state index in [1.807, 2.05) is 37.3 Å². The molecule has 4 rings (SSSR count). The topological polar surface area (TPSA) is 105 Å². The van der Waals surface area contributed by atoms with Crippen molar-refractivity contribution >= 4 is 16.8 Å². The zero-order chi connectivity index (χ0) is 18.1. The van der Waals surface area contributed by atoms with Crippen molar-refractivity contribution in [3.8, 4) is 5.69 Å². The van der Waals surface area contributed by atoms with Crippen molar-refractivity contribution in [1.29, 1.82) is 0 Å². The molecule has 0 spiro atoms. The van der Waals surface area contributed by atoms with Crippen LogP contribution in [0.1, 0.15) is 16.2 Å². The summed E-state index contributed by atoms with van der Waals surface area (Å²) in [6.45, 7) is 3.45. The van der Waals surface area contributed by atoms with Crippen molar-refractivity contribution in [3.05, 3.63) is 47.9 Å². The van der Waals surface area contributed by atoms with Crippen LogP contribution in [0.25, 0.3) is 16.6 Å². The van der Waals surface area contributed by atoms with E-state index in [-0.39, 0.29) is 17.5 Å². The normalized spacial score (nSPS) is 19.8. The van der Waals surface area contributed by atoms with E-state index in [2.05, 4.69) is 25.9 Å². The smallest absolute Gasteiger partial charge is 0.273 e. The predicted molar refractivity (Wildman–Crippen MR) is 96.1 cm³/mol. The Labute approximate surface area is 150 Å². The van der Waals surface area contributed by atoms with Crippen LogP contribution in [0.15, 0.2) is 36.5 Å². The second kappa shape index (κ2) is 6.81. The summed E-state index contributed by atoms with van der Waals surface area (Å²) >= 11 is 0. The highest BCUT2D eigenvalue weighted by Crippen LogP contribution is 2.21. The Morgan fingerprint density at radius 3 is 3.00 bits per heavy atom. The van der Waals surface area contributed by atoms with Crippen molar-refractivity contribution in [1.82, 2.24) is 30.6 Å². The first-order valence-corrected chi connectivity index (χ1v) is 8.58. The molecule has 2 aromatic heterocycles. The molecule has 134 valence electrons. The lowest BCUT2D eigenvalue weighted by Gasteiger charge is -2.13. The molecule has 3 heterocycles. The Balaban J connectivity index is 1.59. The number of carbonyl (C=O) groups excluding carboxylic acids is 1. The van der Waals surface area contributed by atoms with Crippen LogP contribution < -0.4 is 10.6 Å². The number of aromatic nitrogens is 4. The zero-order valence-electron chi connectivity index (χ0n) is 14.4. The van der Waals surface area contributed by atoms with Gasteiger partial charge in [-0.15, -0.1) is 5.10 Å². The van der Waals surface area contributed by atoms with Gasteiger partial charge in [-0.2, -0.15) is 0 Å². The molecule has 0 radical (unpaired) electrons. The van der Waals surface area contributed by atoms with E-state index in [0.717, 1.165) is 16.6 Å². The fraction of sp³-hybridized carbons (Fsp3) is 0.333. The zero-order valence-corrected chi connectivity index (χ0v) is 14.4. The SMILES string of the molecule is Cc1c(C(=O)NCC2CNCC2O)nnn1-c1cccc2cccnc12. The fourth-order valence-electron chi connectivity index (χ4n) is 3.26. The van der Waals surface area contributed by atoms with Gasteiger partial charge in [0.1, 0.15) is 0 Å². The first-order chi connectivity index (χ1) is 12.6. The molecule has 1 aromatic carbocycles. The van der Waals surface area contributed by atoms with E-state index < -0.39 is 6.10 Å². The number of fused-ring (bicyclic) bond motifs is 1. The summed E-state index contributed by atoms with van der Waals surface area (Å²) < 4.78 is 1.64. The van der Waals surface area contributed by atoms with E-state index in [1.54, 1.807) is 10.9 Å². The van der Waals surface area contributed by atoms with Crippen molar-refractivity contribution in [2.45, 2.75) is 13.0 Å². The second-order valence-corrected chi connectivity index (χ2v) is 6.48. The largest absolute Gasteiger partial charge is 0.391 e. The van der Waals surface area contributed by atoms with Gasteiger partial charge >= 0.3 is 0 Å². The minimum absolute atomic E-state index is 0.0107. The van der Waals surface area contributed by atoms with Crippen molar-refractivity contribution < 1.29 is 9.90 Å². The molecule has 3 aromatic rings. The maximum atomic E-state index is 12.5. The van der Waals surface area contributed by atoms with Gasteiger partial charge in [-0.25, -0.2) is 4.68 Å². The first-order valence-electron chi connectivity index (χ1n) is 8.58. The van der Waals surface area contributed by atoms with E-state index >= 15 is 0 Å². The molecule has 0 aliphatic carbocycles. The number of aliphatic hydroxyl groups is 1. The van der Waals surface area contributed by atoms with E-state index in [0.29, 0.717) is 25.3 Å². The molecule has 1 fully saturated rings. The number of rotatable bonds is 4. The van der Waals surface area contributed by atoms with Gasteiger partial charge in [0.2, 0.25) is 0 Å². The minimum Gasteiger partial charge on any atom is -0.391 e. The Hall–Kier alpha value is -2.84. The van der Waals surface area contributed by atoms with Crippen LogP contribution in [0.3, 0.4) is 0 Å². The van der Waals surface area contributed by atoms with Gasteiger partial charge in [-0.3, -0.25) is 9.78 Å². The molecule has 1 saturated heterocycles. The van der Waals surface area contributed by atoms with Gasteiger partial charge in [-0.1, -0.05) is 23.4 Å². The molecule has 1 amide bonds. The van der Waals surface area contributed by atoms with Crippen LogP contribution >= 0.6 is 0 Å². The van der Waals surface area contributed by atoms with Crippen LogP contribution in [0.2, 0.25) is 0 Å². The minimum atomic E-state index is -0.436. The second-order valence-electron chi connectivity index (χ2n) is 6.48. The number of para-hydroxylation sites is 1. The summed E-state index contributed by atoms with van der Waals surface area (Å²) in [5.74, 6) is -0.280. The van der Waals surface area contributed by atoms with Crippen molar-refractivity contribution in [3.63, 3.8) is 0 Å². The summed E-state index contributed by atoms with van der Waals surface area (Å²) in [6.07, 6.45) is 1.29. The lowest BCUT2D eigenvalue weighted by molar-refractivity contribution is 0.0921. The van der Waals surface area contributed by atoms with Crippen LogP contribution in [0.5, 0.6) is 0 Å². The lowest BCUT2D eigenvalue weighted by atomic mass is 10.1. The number of benzene rings is 1.